The molecule has 0 aromatic rings. The van der Waals surface area contributed by atoms with Gasteiger partial charge in [-0.1, -0.05) is 24.8 Å². The summed E-state index contributed by atoms with van der Waals surface area (Å²) < 4.78 is 0. The van der Waals surface area contributed by atoms with E-state index in [1.165, 1.54) is 43.4 Å². The molecule has 0 saturated heterocycles. The molecular weight excluding hydrogens is 158 g/mol. The van der Waals surface area contributed by atoms with Gasteiger partial charge in [-0.2, -0.15) is 0 Å². The number of aliphatic imine (C=N–C) groups is 1. The lowest BCUT2D eigenvalue weighted by Crippen LogP contribution is -2.14. The predicted octanol–water partition coefficient (Wildman–Crippen LogP) is 3.95. The first-order valence-electron chi connectivity index (χ1n) is 5.38. The fourth-order valence-corrected chi connectivity index (χ4v) is 1.86. The van der Waals surface area contributed by atoms with Gasteiger partial charge < -0.3 is 0 Å². The van der Waals surface area contributed by atoms with E-state index in [0.717, 1.165) is 5.92 Å². The van der Waals surface area contributed by atoms with E-state index in [0.29, 0.717) is 0 Å². The van der Waals surface area contributed by atoms with E-state index in [1.54, 1.807) is 0 Å². The lowest BCUT2D eigenvalue weighted by atomic mass is 9.86. The molecule has 1 saturated carbocycles. The standard InChI is InChI=1S/C12H21N/c1-10(2)9-13-11(3)12-7-5-4-6-8-12/h9,12H,4-8H2,1-3H3/b13-11+. The Labute approximate surface area is 82.0 Å². The van der Waals surface area contributed by atoms with Crippen LogP contribution in [-0.4, -0.2) is 5.71 Å². The molecular formula is C12H21N. The molecule has 1 nitrogen and oxygen atoms in total. The van der Waals surface area contributed by atoms with Gasteiger partial charge in [0.15, 0.2) is 0 Å². The van der Waals surface area contributed by atoms with Crippen LogP contribution >= 0.6 is 0 Å². The van der Waals surface area contributed by atoms with E-state index < -0.39 is 0 Å². The van der Waals surface area contributed by atoms with E-state index in [4.69, 9.17) is 0 Å². The zero-order valence-electron chi connectivity index (χ0n) is 9.14. The fraction of sp³-hybridized carbons (Fsp3) is 0.750. The molecule has 0 aromatic carbocycles. The minimum atomic E-state index is 0.768. The number of hydrogen-bond donors (Lipinski definition) is 0. The summed E-state index contributed by atoms with van der Waals surface area (Å²) in [5.41, 5.74) is 2.62. The molecule has 0 aromatic heterocycles. The van der Waals surface area contributed by atoms with Gasteiger partial charge in [0, 0.05) is 11.9 Å². The maximum Gasteiger partial charge on any atom is 0.0253 e. The molecule has 0 unspecified atom stereocenters. The quantitative estimate of drug-likeness (QED) is 0.569. The van der Waals surface area contributed by atoms with Crippen molar-refractivity contribution in [3.05, 3.63) is 11.8 Å². The van der Waals surface area contributed by atoms with Gasteiger partial charge in [-0.3, -0.25) is 4.99 Å². The van der Waals surface area contributed by atoms with Gasteiger partial charge in [0.1, 0.15) is 0 Å². The Kier molecular flexibility index (Phi) is 4.20. The molecule has 0 spiro atoms. The van der Waals surface area contributed by atoms with Crippen LogP contribution in [0.3, 0.4) is 0 Å². The smallest absolute Gasteiger partial charge is 0.0253 e. The second-order valence-electron chi connectivity index (χ2n) is 4.31. The minimum absolute atomic E-state index is 0.768. The fourth-order valence-electron chi connectivity index (χ4n) is 1.86. The Hall–Kier alpha value is -0.590. The molecule has 1 heteroatoms. The van der Waals surface area contributed by atoms with Crippen molar-refractivity contribution in [1.29, 1.82) is 0 Å². The van der Waals surface area contributed by atoms with Crippen molar-refractivity contribution in [2.75, 3.05) is 0 Å². The van der Waals surface area contributed by atoms with E-state index in [1.807, 2.05) is 6.20 Å². The third-order valence-electron chi connectivity index (χ3n) is 2.72. The summed E-state index contributed by atoms with van der Waals surface area (Å²) in [4.78, 5) is 4.50. The van der Waals surface area contributed by atoms with E-state index in [-0.39, 0.29) is 0 Å². The first-order chi connectivity index (χ1) is 6.20. The third kappa shape index (κ3) is 3.75. The topological polar surface area (TPSA) is 12.4 Å². The molecule has 0 heterocycles. The molecule has 74 valence electrons. The van der Waals surface area contributed by atoms with Crippen molar-refractivity contribution in [3.8, 4) is 0 Å². The summed E-state index contributed by atoms with van der Waals surface area (Å²) in [7, 11) is 0. The zero-order chi connectivity index (χ0) is 9.68. The highest BCUT2D eigenvalue weighted by atomic mass is 14.7. The highest BCUT2D eigenvalue weighted by Crippen LogP contribution is 2.24. The lowest BCUT2D eigenvalue weighted by molar-refractivity contribution is 0.438. The van der Waals surface area contributed by atoms with Gasteiger partial charge in [-0.05, 0) is 39.5 Å². The normalized spacial score (nSPS) is 20.1. The van der Waals surface area contributed by atoms with Crippen molar-refractivity contribution in [2.24, 2.45) is 10.9 Å². The molecule has 1 aliphatic rings. The highest BCUT2D eigenvalue weighted by molar-refractivity contribution is 5.84. The monoisotopic (exact) mass is 179 g/mol. The Morgan fingerprint density at radius 1 is 1.08 bits per heavy atom. The Morgan fingerprint density at radius 3 is 2.23 bits per heavy atom. The number of allylic oxidation sites excluding steroid dienone is 1. The van der Waals surface area contributed by atoms with E-state index in [9.17, 15) is 0 Å². The van der Waals surface area contributed by atoms with Crippen LogP contribution < -0.4 is 0 Å². The lowest BCUT2D eigenvalue weighted by Gasteiger charge is -2.20. The van der Waals surface area contributed by atoms with Gasteiger partial charge in [0.05, 0.1) is 0 Å². The van der Waals surface area contributed by atoms with Crippen molar-refractivity contribution < 1.29 is 0 Å². The number of hydrogen-bond acceptors (Lipinski definition) is 1. The van der Waals surface area contributed by atoms with Gasteiger partial charge in [-0.15, -0.1) is 0 Å². The van der Waals surface area contributed by atoms with Crippen LogP contribution in [0.1, 0.15) is 52.9 Å². The van der Waals surface area contributed by atoms with Crippen LogP contribution in [0.2, 0.25) is 0 Å². The van der Waals surface area contributed by atoms with E-state index >= 15 is 0 Å². The van der Waals surface area contributed by atoms with Crippen LogP contribution in [0.25, 0.3) is 0 Å². The summed E-state index contributed by atoms with van der Waals surface area (Å²) >= 11 is 0. The second kappa shape index (κ2) is 5.21. The summed E-state index contributed by atoms with van der Waals surface area (Å²) in [6.45, 7) is 6.37. The highest BCUT2D eigenvalue weighted by Gasteiger charge is 2.15. The molecule has 0 N–H and O–H groups in total. The average Bonchev–Trinajstić information content (AvgIpc) is 2.15. The molecule has 0 radical (unpaired) electrons. The first kappa shape index (κ1) is 10.5. The van der Waals surface area contributed by atoms with Gasteiger partial charge in [-0.25, -0.2) is 0 Å². The van der Waals surface area contributed by atoms with Crippen LogP contribution in [0.15, 0.2) is 16.8 Å². The molecule has 0 amide bonds. The van der Waals surface area contributed by atoms with Crippen molar-refractivity contribution in [1.82, 2.24) is 0 Å². The predicted molar refractivity (Wildman–Crippen MR) is 59.1 cm³/mol. The molecule has 0 bridgehead atoms. The minimum Gasteiger partial charge on any atom is -0.266 e. The number of nitrogens with zero attached hydrogens (tertiary/aromatic N) is 1. The van der Waals surface area contributed by atoms with E-state index in [2.05, 4.69) is 25.8 Å². The first-order valence-corrected chi connectivity index (χ1v) is 5.38. The molecule has 1 aliphatic carbocycles. The van der Waals surface area contributed by atoms with Crippen LogP contribution in [0.4, 0.5) is 0 Å². The van der Waals surface area contributed by atoms with Gasteiger partial charge in [0.2, 0.25) is 0 Å². The Morgan fingerprint density at radius 2 is 1.69 bits per heavy atom. The molecule has 0 aliphatic heterocycles. The SMILES string of the molecule is CC(C)=C/N=C(\C)C1CCCCC1. The zero-order valence-corrected chi connectivity index (χ0v) is 9.14. The average molecular weight is 179 g/mol. The van der Waals surface area contributed by atoms with Gasteiger partial charge in [0.25, 0.3) is 0 Å². The summed E-state index contributed by atoms with van der Waals surface area (Å²) in [6.07, 6.45) is 8.91. The molecule has 0 atom stereocenters. The number of rotatable bonds is 2. The summed E-state index contributed by atoms with van der Waals surface area (Å²) in [5.74, 6) is 0.768. The molecule has 1 rings (SSSR count). The summed E-state index contributed by atoms with van der Waals surface area (Å²) in [6, 6.07) is 0. The van der Waals surface area contributed by atoms with Crippen molar-refractivity contribution >= 4 is 5.71 Å². The largest absolute Gasteiger partial charge is 0.266 e. The third-order valence-corrected chi connectivity index (χ3v) is 2.72. The molecule has 13 heavy (non-hydrogen) atoms. The Bertz CT molecular complexity index is 203. The van der Waals surface area contributed by atoms with Crippen LogP contribution in [0.5, 0.6) is 0 Å². The van der Waals surface area contributed by atoms with Gasteiger partial charge >= 0.3 is 0 Å². The van der Waals surface area contributed by atoms with Crippen LogP contribution in [0, 0.1) is 5.92 Å². The maximum atomic E-state index is 4.50. The summed E-state index contributed by atoms with van der Waals surface area (Å²) in [5, 5.41) is 0. The van der Waals surface area contributed by atoms with Crippen molar-refractivity contribution in [2.45, 2.75) is 52.9 Å². The van der Waals surface area contributed by atoms with Crippen LogP contribution in [-0.2, 0) is 0 Å². The van der Waals surface area contributed by atoms with Crippen molar-refractivity contribution in [3.63, 3.8) is 0 Å². The molecule has 1 fully saturated rings. The maximum absolute atomic E-state index is 4.50. The Balaban J connectivity index is 2.49. The second-order valence-corrected chi connectivity index (χ2v) is 4.31.